The first-order chi connectivity index (χ1) is 13.4. The number of carbonyl (C=O) groups is 2. The SMILES string of the molecule is CN(C)CCOc1ccc2c(c1)C(=O)c1cc(OCCN(C)C)ccc1C2=O. The predicted molar refractivity (Wildman–Crippen MR) is 108 cm³/mol. The van der Waals surface area contributed by atoms with Gasteiger partial charge in [0.2, 0.25) is 0 Å². The number of benzene rings is 2. The predicted octanol–water partition coefficient (Wildman–Crippen LogP) is 2.34. The summed E-state index contributed by atoms with van der Waals surface area (Å²) in [4.78, 5) is 29.9. The number of hydrogen-bond donors (Lipinski definition) is 0. The Morgan fingerprint density at radius 3 is 1.43 bits per heavy atom. The van der Waals surface area contributed by atoms with Crippen molar-refractivity contribution in [2.75, 3.05) is 54.5 Å². The molecular weight excluding hydrogens is 356 g/mol. The number of nitrogens with zero attached hydrogens (tertiary/aromatic N) is 2. The second-order valence-corrected chi connectivity index (χ2v) is 7.38. The van der Waals surface area contributed by atoms with Crippen molar-refractivity contribution in [1.29, 1.82) is 0 Å². The van der Waals surface area contributed by atoms with Crippen LogP contribution in [0, 0.1) is 0 Å². The smallest absolute Gasteiger partial charge is 0.194 e. The van der Waals surface area contributed by atoms with E-state index in [0.717, 1.165) is 13.1 Å². The minimum Gasteiger partial charge on any atom is -0.492 e. The molecule has 0 radical (unpaired) electrons. The van der Waals surface area contributed by atoms with E-state index in [4.69, 9.17) is 9.47 Å². The highest BCUT2D eigenvalue weighted by Crippen LogP contribution is 2.32. The van der Waals surface area contributed by atoms with Crippen molar-refractivity contribution < 1.29 is 19.1 Å². The van der Waals surface area contributed by atoms with Crippen molar-refractivity contribution in [3.8, 4) is 11.5 Å². The number of likely N-dealkylation sites (N-methyl/N-ethyl adjacent to an activating group) is 2. The molecule has 0 atom stereocenters. The Morgan fingerprint density at radius 2 is 1.04 bits per heavy atom. The lowest BCUT2D eigenvalue weighted by molar-refractivity contribution is 0.0978. The number of fused-ring (bicyclic) bond motifs is 2. The first kappa shape index (κ1) is 20.0. The monoisotopic (exact) mass is 382 g/mol. The molecule has 0 unspecified atom stereocenters. The number of ketones is 2. The van der Waals surface area contributed by atoms with E-state index in [2.05, 4.69) is 0 Å². The molecule has 0 N–H and O–H groups in total. The van der Waals surface area contributed by atoms with Gasteiger partial charge in [-0.25, -0.2) is 0 Å². The minimum absolute atomic E-state index is 0.149. The van der Waals surface area contributed by atoms with Gasteiger partial charge in [0.1, 0.15) is 24.7 Å². The van der Waals surface area contributed by atoms with Gasteiger partial charge >= 0.3 is 0 Å². The zero-order chi connectivity index (χ0) is 20.3. The summed E-state index contributed by atoms with van der Waals surface area (Å²) in [6, 6.07) is 10.1. The van der Waals surface area contributed by atoms with Gasteiger partial charge in [0, 0.05) is 35.3 Å². The van der Waals surface area contributed by atoms with Crippen LogP contribution in [0.15, 0.2) is 36.4 Å². The van der Waals surface area contributed by atoms with Crippen LogP contribution in [0.2, 0.25) is 0 Å². The summed E-state index contributed by atoms with van der Waals surface area (Å²) in [6.45, 7) is 2.55. The fourth-order valence-corrected chi connectivity index (χ4v) is 2.98. The molecule has 28 heavy (non-hydrogen) atoms. The molecule has 1 aliphatic rings. The molecule has 0 aliphatic heterocycles. The fraction of sp³-hybridized carbons (Fsp3) is 0.364. The van der Waals surface area contributed by atoms with Gasteiger partial charge in [-0.2, -0.15) is 0 Å². The highest BCUT2D eigenvalue weighted by atomic mass is 16.5. The third-order valence-corrected chi connectivity index (χ3v) is 4.58. The van der Waals surface area contributed by atoms with Crippen LogP contribution in [0.25, 0.3) is 0 Å². The van der Waals surface area contributed by atoms with E-state index in [1.54, 1.807) is 36.4 Å². The van der Waals surface area contributed by atoms with E-state index in [9.17, 15) is 9.59 Å². The molecule has 6 heteroatoms. The molecule has 2 aromatic carbocycles. The van der Waals surface area contributed by atoms with Crippen molar-refractivity contribution in [2.24, 2.45) is 0 Å². The Hall–Kier alpha value is -2.70. The van der Waals surface area contributed by atoms with Crippen molar-refractivity contribution in [1.82, 2.24) is 9.80 Å². The molecule has 0 fully saturated rings. The Morgan fingerprint density at radius 1 is 0.643 bits per heavy atom. The summed E-state index contributed by atoms with van der Waals surface area (Å²) in [5, 5.41) is 0. The van der Waals surface area contributed by atoms with Crippen LogP contribution in [-0.2, 0) is 0 Å². The molecule has 0 spiro atoms. The van der Waals surface area contributed by atoms with Crippen LogP contribution >= 0.6 is 0 Å². The Bertz CT molecular complexity index is 821. The van der Waals surface area contributed by atoms with Gasteiger partial charge in [0.05, 0.1) is 0 Å². The molecule has 6 nitrogen and oxygen atoms in total. The van der Waals surface area contributed by atoms with Gasteiger partial charge in [-0.3, -0.25) is 9.59 Å². The largest absolute Gasteiger partial charge is 0.492 e. The Kier molecular flexibility index (Phi) is 6.11. The summed E-state index contributed by atoms with van der Waals surface area (Å²) in [7, 11) is 7.86. The third kappa shape index (κ3) is 4.40. The average molecular weight is 382 g/mol. The number of ether oxygens (including phenoxy) is 2. The molecule has 3 rings (SSSR count). The van der Waals surface area contributed by atoms with Crippen LogP contribution < -0.4 is 9.47 Å². The first-order valence-corrected chi connectivity index (χ1v) is 9.29. The summed E-state index contributed by atoms with van der Waals surface area (Å²) >= 11 is 0. The van der Waals surface area contributed by atoms with Crippen LogP contribution in [0.1, 0.15) is 31.8 Å². The topological polar surface area (TPSA) is 59.1 Å². The minimum atomic E-state index is -0.180. The van der Waals surface area contributed by atoms with Gasteiger partial charge in [0.25, 0.3) is 0 Å². The molecule has 1 aliphatic carbocycles. The average Bonchev–Trinajstić information content (AvgIpc) is 2.65. The highest BCUT2D eigenvalue weighted by Gasteiger charge is 2.30. The Balaban J connectivity index is 1.83. The number of carbonyl (C=O) groups excluding carboxylic acids is 2. The normalized spacial score (nSPS) is 12.9. The zero-order valence-corrected chi connectivity index (χ0v) is 16.8. The van der Waals surface area contributed by atoms with Gasteiger partial charge < -0.3 is 19.3 Å². The molecule has 2 aromatic rings. The number of hydrogen-bond acceptors (Lipinski definition) is 6. The molecular formula is C22H26N2O4. The van der Waals surface area contributed by atoms with Gasteiger partial charge in [-0.1, -0.05) is 0 Å². The quantitative estimate of drug-likeness (QED) is 0.596. The van der Waals surface area contributed by atoms with Crippen LogP contribution in [0.4, 0.5) is 0 Å². The third-order valence-electron chi connectivity index (χ3n) is 4.58. The summed E-state index contributed by atoms with van der Waals surface area (Å²) in [5.74, 6) is 0.845. The summed E-state index contributed by atoms with van der Waals surface area (Å²) in [6.07, 6.45) is 0. The maximum Gasteiger partial charge on any atom is 0.194 e. The summed E-state index contributed by atoms with van der Waals surface area (Å²) < 4.78 is 11.4. The van der Waals surface area contributed by atoms with E-state index < -0.39 is 0 Å². The molecule has 0 amide bonds. The van der Waals surface area contributed by atoms with Crippen LogP contribution in [-0.4, -0.2) is 75.9 Å². The number of rotatable bonds is 8. The maximum absolute atomic E-state index is 13.0. The van der Waals surface area contributed by atoms with Gasteiger partial charge in [-0.15, -0.1) is 0 Å². The lowest BCUT2D eigenvalue weighted by Crippen LogP contribution is -2.22. The summed E-state index contributed by atoms with van der Waals surface area (Å²) in [5.41, 5.74) is 1.59. The molecule has 0 saturated carbocycles. The van der Waals surface area contributed by atoms with Crippen LogP contribution in [0.3, 0.4) is 0 Å². The van der Waals surface area contributed by atoms with Gasteiger partial charge in [-0.05, 0) is 64.6 Å². The standard InChI is InChI=1S/C22H26N2O4/c1-23(2)9-11-27-15-5-7-17-19(13-15)22(26)20-14-16(28-12-10-24(3)4)6-8-18(20)21(17)25/h5-8,13-14H,9-12H2,1-4H3. The lowest BCUT2D eigenvalue weighted by Gasteiger charge is -2.20. The lowest BCUT2D eigenvalue weighted by atomic mass is 9.84. The zero-order valence-electron chi connectivity index (χ0n) is 16.8. The second-order valence-electron chi connectivity index (χ2n) is 7.38. The molecule has 0 heterocycles. The van der Waals surface area contributed by atoms with E-state index in [1.807, 2.05) is 38.0 Å². The van der Waals surface area contributed by atoms with E-state index in [-0.39, 0.29) is 11.6 Å². The van der Waals surface area contributed by atoms with Gasteiger partial charge in [0.15, 0.2) is 11.6 Å². The van der Waals surface area contributed by atoms with Crippen molar-refractivity contribution >= 4 is 11.6 Å². The highest BCUT2D eigenvalue weighted by molar-refractivity contribution is 6.28. The van der Waals surface area contributed by atoms with E-state index >= 15 is 0 Å². The molecule has 0 bridgehead atoms. The van der Waals surface area contributed by atoms with E-state index in [0.29, 0.717) is 47.0 Å². The fourth-order valence-electron chi connectivity index (χ4n) is 2.98. The van der Waals surface area contributed by atoms with E-state index in [1.165, 1.54) is 0 Å². The first-order valence-electron chi connectivity index (χ1n) is 9.29. The van der Waals surface area contributed by atoms with Crippen molar-refractivity contribution in [3.63, 3.8) is 0 Å². The second kappa shape index (κ2) is 8.54. The molecule has 148 valence electrons. The maximum atomic E-state index is 13.0. The molecule has 0 aromatic heterocycles. The van der Waals surface area contributed by atoms with Crippen molar-refractivity contribution in [3.05, 3.63) is 58.7 Å². The Labute approximate surface area is 165 Å². The van der Waals surface area contributed by atoms with Crippen LogP contribution in [0.5, 0.6) is 11.5 Å². The molecule has 0 saturated heterocycles. The van der Waals surface area contributed by atoms with Crippen molar-refractivity contribution in [2.45, 2.75) is 0 Å².